The Morgan fingerprint density at radius 2 is 1.81 bits per heavy atom. The number of alkyl halides is 5. The quantitative estimate of drug-likeness (QED) is 0.699. The van der Waals surface area contributed by atoms with Crippen molar-refractivity contribution in [2.45, 2.75) is 24.6 Å². The fourth-order valence-corrected chi connectivity index (χ4v) is 1.46. The highest BCUT2D eigenvalue weighted by Gasteiger charge is 2.59. The molecule has 0 spiro atoms. The monoisotopic (exact) mass is 247 g/mol. The molecule has 0 bridgehead atoms. The first-order valence-electron chi connectivity index (χ1n) is 4.06. The zero-order valence-corrected chi connectivity index (χ0v) is 7.59. The maximum Gasteiger partial charge on any atom is 0.471 e. The maximum atomic E-state index is 12.9. The Morgan fingerprint density at radius 1 is 1.31 bits per heavy atom. The van der Waals surface area contributed by atoms with Crippen LogP contribution in [0.5, 0.6) is 0 Å². The Labute approximate surface area is 85.6 Å². The molecule has 0 radical (unpaired) electrons. The van der Waals surface area contributed by atoms with E-state index in [9.17, 15) is 31.5 Å². The van der Waals surface area contributed by atoms with Crippen molar-refractivity contribution in [3.05, 3.63) is 0 Å². The third-order valence-corrected chi connectivity index (χ3v) is 2.14. The second-order valence-electron chi connectivity index (χ2n) is 3.25. The summed E-state index contributed by atoms with van der Waals surface area (Å²) in [5.74, 6) is -8.55. The molecule has 1 aliphatic rings. The number of carbonyl (C=O) groups excluding carboxylic acids is 1. The highest BCUT2D eigenvalue weighted by molar-refractivity contribution is 5.88. The molecule has 1 fully saturated rings. The molecule has 0 aromatic heterocycles. The first-order chi connectivity index (χ1) is 7.07. The Hall–Kier alpha value is -1.41. The van der Waals surface area contributed by atoms with Gasteiger partial charge in [-0.25, -0.2) is 13.6 Å². The van der Waals surface area contributed by atoms with Crippen molar-refractivity contribution in [1.82, 2.24) is 4.90 Å². The third-order valence-electron chi connectivity index (χ3n) is 2.14. The van der Waals surface area contributed by atoms with E-state index in [1.54, 1.807) is 0 Å². The number of aliphatic carboxylic acids is 1. The van der Waals surface area contributed by atoms with E-state index in [2.05, 4.69) is 0 Å². The number of hydrogen-bond acceptors (Lipinski definition) is 2. The smallest absolute Gasteiger partial charge is 0.471 e. The van der Waals surface area contributed by atoms with Crippen LogP contribution in [0.15, 0.2) is 0 Å². The average Bonchev–Trinajstić information content (AvgIpc) is 2.37. The number of nitrogens with zero attached hydrogens (tertiary/aromatic N) is 1. The Morgan fingerprint density at radius 3 is 2.19 bits per heavy atom. The van der Waals surface area contributed by atoms with Crippen molar-refractivity contribution in [1.29, 1.82) is 0 Å². The van der Waals surface area contributed by atoms with Gasteiger partial charge < -0.3 is 10.0 Å². The van der Waals surface area contributed by atoms with Crippen LogP contribution in [0.2, 0.25) is 0 Å². The number of rotatable bonds is 1. The lowest BCUT2D eigenvalue weighted by Gasteiger charge is -2.24. The lowest BCUT2D eigenvalue weighted by Crippen LogP contribution is -2.51. The normalized spacial score (nSPS) is 24.6. The first kappa shape index (κ1) is 12.7. The van der Waals surface area contributed by atoms with E-state index < -0.39 is 43.0 Å². The third kappa shape index (κ3) is 2.07. The van der Waals surface area contributed by atoms with Crippen molar-refractivity contribution in [2.75, 3.05) is 6.54 Å². The lowest BCUT2D eigenvalue weighted by atomic mass is 10.1. The van der Waals surface area contributed by atoms with Crippen LogP contribution in [0, 0.1) is 0 Å². The summed E-state index contributed by atoms with van der Waals surface area (Å²) in [6.07, 6.45) is -6.44. The van der Waals surface area contributed by atoms with Gasteiger partial charge in [-0.3, -0.25) is 4.79 Å². The predicted molar refractivity (Wildman–Crippen MR) is 38.8 cm³/mol. The van der Waals surface area contributed by atoms with Crippen molar-refractivity contribution in [2.24, 2.45) is 0 Å². The van der Waals surface area contributed by atoms with E-state index >= 15 is 0 Å². The van der Waals surface area contributed by atoms with Gasteiger partial charge in [-0.05, 0) is 0 Å². The van der Waals surface area contributed by atoms with Gasteiger partial charge in [0.25, 0.3) is 5.92 Å². The number of hydrogen-bond donors (Lipinski definition) is 1. The van der Waals surface area contributed by atoms with Gasteiger partial charge in [-0.2, -0.15) is 13.2 Å². The number of carboxylic acids is 1. The molecule has 0 aliphatic carbocycles. The zero-order chi connectivity index (χ0) is 12.7. The van der Waals surface area contributed by atoms with Crippen molar-refractivity contribution < 1.29 is 36.6 Å². The van der Waals surface area contributed by atoms with Gasteiger partial charge in [-0.1, -0.05) is 0 Å². The molecule has 1 saturated heterocycles. The minimum Gasteiger partial charge on any atom is -0.480 e. The largest absolute Gasteiger partial charge is 0.480 e. The maximum absolute atomic E-state index is 12.9. The molecule has 1 N–H and O–H groups in total. The lowest BCUT2D eigenvalue weighted by molar-refractivity contribution is -0.191. The summed E-state index contributed by atoms with van der Waals surface area (Å²) in [5, 5.41) is 8.39. The van der Waals surface area contributed by atoms with Crippen LogP contribution in [0.3, 0.4) is 0 Å². The van der Waals surface area contributed by atoms with Crippen LogP contribution in [0.25, 0.3) is 0 Å². The van der Waals surface area contributed by atoms with Gasteiger partial charge in [0.15, 0.2) is 6.04 Å². The molecule has 0 saturated carbocycles. The summed E-state index contributed by atoms with van der Waals surface area (Å²) < 4.78 is 61.7. The second kappa shape index (κ2) is 3.56. The van der Waals surface area contributed by atoms with Crippen LogP contribution in [-0.4, -0.2) is 46.6 Å². The van der Waals surface area contributed by atoms with E-state index in [1.165, 1.54) is 0 Å². The van der Waals surface area contributed by atoms with Crippen LogP contribution >= 0.6 is 0 Å². The van der Waals surface area contributed by atoms with Crippen molar-refractivity contribution >= 4 is 11.9 Å². The summed E-state index contributed by atoms with van der Waals surface area (Å²) in [4.78, 5) is 20.7. The van der Waals surface area contributed by atoms with E-state index in [0.717, 1.165) is 0 Å². The van der Waals surface area contributed by atoms with Gasteiger partial charge in [0.05, 0.1) is 0 Å². The van der Waals surface area contributed by atoms with E-state index in [0.29, 0.717) is 0 Å². The van der Waals surface area contributed by atoms with Gasteiger partial charge in [0.2, 0.25) is 0 Å². The number of halogens is 5. The van der Waals surface area contributed by atoms with Crippen LogP contribution < -0.4 is 0 Å². The number of carbonyl (C=O) groups is 2. The van der Waals surface area contributed by atoms with Crippen LogP contribution in [0.4, 0.5) is 22.0 Å². The van der Waals surface area contributed by atoms with Crippen LogP contribution in [-0.2, 0) is 9.59 Å². The minimum absolute atomic E-state index is 0.359. The molecule has 92 valence electrons. The van der Waals surface area contributed by atoms with Gasteiger partial charge >= 0.3 is 18.1 Å². The Balaban J connectivity index is 2.99. The summed E-state index contributed by atoms with van der Waals surface area (Å²) in [6.45, 7) is -0.928. The number of likely N-dealkylation sites (tertiary alicyclic amines) is 1. The SMILES string of the molecule is O=C(O)C1N(C(=O)C(F)(F)F)CCC1(F)F. The standard InChI is InChI=1S/C7H6F5NO3/c8-6(9)1-2-13(3(6)4(14)15)5(16)7(10,11)12/h3H,1-2H2,(H,14,15). The molecule has 1 unspecified atom stereocenters. The fraction of sp³-hybridized carbons (Fsp3) is 0.714. The number of amides is 1. The molecule has 0 aromatic carbocycles. The second-order valence-corrected chi connectivity index (χ2v) is 3.25. The van der Waals surface area contributed by atoms with E-state index in [1.807, 2.05) is 0 Å². The Bertz CT molecular complexity index is 326. The molecule has 0 aromatic rings. The molecule has 9 heteroatoms. The molecule has 1 rings (SSSR count). The zero-order valence-electron chi connectivity index (χ0n) is 7.59. The molecule has 1 atom stereocenters. The number of carboxylic acid groups (broad SMARTS) is 1. The summed E-state index contributed by atoms with van der Waals surface area (Å²) >= 11 is 0. The minimum atomic E-state index is -5.35. The molecule has 16 heavy (non-hydrogen) atoms. The molecule has 1 aliphatic heterocycles. The van der Waals surface area contributed by atoms with E-state index in [-0.39, 0.29) is 4.90 Å². The topological polar surface area (TPSA) is 57.6 Å². The summed E-state index contributed by atoms with van der Waals surface area (Å²) in [6, 6.07) is -2.75. The molecular weight excluding hydrogens is 241 g/mol. The summed E-state index contributed by atoms with van der Waals surface area (Å²) in [7, 11) is 0. The van der Waals surface area contributed by atoms with Gasteiger partial charge in [-0.15, -0.1) is 0 Å². The first-order valence-corrected chi connectivity index (χ1v) is 4.06. The Kier molecular flexibility index (Phi) is 2.82. The summed E-state index contributed by atoms with van der Waals surface area (Å²) in [5.41, 5.74) is 0. The highest BCUT2D eigenvalue weighted by Crippen LogP contribution is 2.36. The van der Waals surface area contributed by atoms with E-state index in [4.69, 9.17) is 5.11 Å². The molecule has 1 amide bonds. The fourth-order valence-electron chi connectivity index (χ4n) is 1.46. The predicted octanol–water partition coefficient (Wildman–Crippen LogP) is 0.869. The molecule has 1 heterocycles. The van der Waals surface area contributed by atoms with Gasteiger partial charge in [0, 0.05) is 13.0 Å². The van der Waals surface area contributed by atoms with Crippen molar-refractivity contribution in [3.8, 4) is 0 Å². The van der Waals surface area contributed by atoms with Gasteiger partial charge in [0.1, 0.15) is 0 Å². The highest BCUT2D eigenvalue weighted by atomic mass is 19.4. The molecule has 4 nitrogen and oxygen atoms in total. The average molecular weight is 247 g/mol. The molecular formula is C7H6F5NO3. The van der Waals surface area contributed by atoms with Crippen molar-refractivity contribution in [3.63, 3.8) is 0 Å². The van der Waals surface area contributed by atoms with Crippen LogP contribution in [0.1, 0.15) is 6.42 Å².